The standard InChI is InChI=1S/C28H36IN3O5/c1-5-26(4)14-22(37-23(34)16-36-20-8-6-7-19(13-20)15-31-32-30)28(29)17(2)9-11-27(18(3)25(26)35)12-10-21(33)24(27)28/h5-8,13,17-18,22,24-25,35H,1,9-12,14-16H2,2-4H3/t17?,18-,22+,24?,25-,26+,27?,28+/m0/s1. The van der Waals surface area contributed by atoms with Gasteiger partial charge < -0.3 is 14.6 Å². The summed E-state index contributed by atoms with van der Waals surface area (Å²) < 4.78 is 11.3. The Morgan fingerprint density at radius 3 is 2.84 bits per heavy atom. The van der Waals surface area contributed by atoms with Gasteiger partial charge in [-0.05, 0) is 66.2 Å². The summed E-state index contributed by atoms with van der Waals surface area (Å²) in [5.74, 6) is -0.0339. The Morgan fingerprint density at radius 1 is 1.38 bits per heavy atom. The van der Waals surface area contributed by atoms with Gasteiger partial charge >= 0.3 is 5.97 Å². The van der Waals surface area contributed by atoms with Crippen LogP contribution in [-0.4, -0.2) is 39.1 Å². The molecule has 1 N–H and O–H groups in total. The number of halogens is 1. The lowest BCUT2D eigenvalue weighted by Crippen LogP contribution is -2.65. The Hall–Kier alpha value is -2.10. The Labute approximate surface area is 231 Å². The molecule has 8 atom stereocenters. The van der Waals surface area contributed by atoms with E-state index >= 15 is 0 Å². The van der Waals surface area contributed by atoms with Gasteiger partial charge in [0, 0.05) is 22.7 Å². The number of nitrogens with zero attached hydrogens (tertiary/aromatic N) is 3. The average Bonchev–Trinajstić information content (AvgIpc) is 3.25. The van der Waals surface area contributed by atoms with Crippen molar-refractivity contribution in [2.45, 2.75) is 75.0 Å². The normalized spacial score (nSPS) is 38.9. The number of aliphatic hydroxyl groups excluding tert-OH is 1. The smallest absolute Gasteiger partial charge is 0.344 e. The number of alkyl halides is 1. The van der Waals surface area contributed by atoms with E-state index in [1.165, 1.54) is 0 Å². The molecule has 0 spiro atoms. The molecule has 0 aromatic heterocycles. The SMILES string of the molecule is C=C[C@]1(C)C[C@@H](OC(=O)COc2cccc(CN=[N+]=[N-])c2)[C@]2(I)C(C)CCC3(CCC(=O)C32)[C@@H](C)[C@@H]1O. The number of azide groups is 1. The molecular weight excluding hydrogens is 585 g/mol. The van der Waals surface area contributed by atoms with Crippen LogP contribution >= 0.6 is 22.6 Å². The largest absolute Gasteiger partial charge is 0.482 e. The summed E-state index contributed by atoms with van der Waals surface area (Å²) in [4.78, 5) is 29.4. The van der Waals surface area contributed by atoms with Gasteiger partial charge in [0.1, 0.15) is 17.6 Å². The third-order valence-corrected chi connectivity index (χ3v) is 11.8. The van der Waals surface area contributed by atoms with E-state index in [0.717, 1.165) is 24.8 Å². The van der Waals surface area contributed by atoms with Gasteiger partial charge in [-0.25, -0.2) is 4.79 Å². The van der Waals surface area contributed by atoms with Crippen molar-refractivity contribution in [2.24, 2.45) is 33.7 Å². The Bertz CT molecular complexity index is 1120. The fourth-order valence-corrected chi connectivity index (χ4v) is 8.84. The highest BCUT2D eigenvalue weighted by molar-refractivity contribution is 14.1. The lowest BCUT2D eigenvalue weighted by molar-refractivity contribution is -0.173. The van der Waals surface area contributed by atoms with Gasteiger partial charge in [0.15, 0.2) is 6.61 Å². The summed E-state index contributed by atoms with van der Waals surface area (Å²) in [6.45, 7) is 10.1. The van der Waals surface area contributed by atoms with Gasteiger partial charge in [-0.15, -0.1) is 6.58 Å². The molecule has 3 aliphatic rings. The van der Waals surface area contributed by atoms with Crippen LogP contribution in [0.25, 0.3) is 10.4 Å². The summed E-state index contributed by atoms with van der Waals surface area (Å²) in [5.41, 5.74) is 8.32. The van der Waals surface area contributed by atoms with E-state index in [1.54, 1.807) is 24.3 Å². The zero-order valence-corrected chi connectivity index (χ0v) is 23.9. The minimum Gasteiger partial charge on any atom is -0.482 e. The fraction of sp³-hybridized carbons (Fsp3) is 0.643. The lowest BCUT2D eigenvalue weighted by atomic mass is 9.49. The molecule has 3 fully saturated rings. The Balaban J connectivity index is 1.62. The molecule has 4 rings (SSSR count). The first-order valence-electron chi connectivity index (χ1n) is 13.0. The molecule has 0 heterocycles. The second kappa shape index (κ2) is 10.6. The number of benzene rings is 1. The predicted molar refractivity (Wildman–Crippen MR) is 148 cm³/mol. The lowest BCUT2D eigenvalue weighted by Gasteiger charge is -2.60. The van der Waals surface area contributed by atoms with Gasteiger partial charge in [0.2, 0.25) is 0 Å². The Kier molecular flexibility index (Phi) is 7.98. The monoisotopic (exact) mass is 621 g/mol. The number of carbonyl (C=O) groups is 2. The van der Waals surface area contributed by atoms with Crippen LogP contribution in [0.15, 0.2) is 42.0 Å². The van der Waals surface area contributed by atoms with Gasteiger partial charge in [0.25, 0.3) is 0 Å². The minimum atomic E-state index is -0.705. The van der Waals surface area contributed by atoms with Crippen molar-refractivity contribution in [1.29, 1.82) is 0 Å². The van der Waals surface area contributed by atoms with Crippen LogP contribution in [-0.2, 0) is 20.9 Å². The topological polar surface area (TPSA) is 122 Å². The molecule has 1 aromatic carbocycles. The number of ketones is 1. The third kappa shape index (κ3) is 4.79. The van der Waals surface area contributed by atoms with Crippen LogP contribution in [0.4, 0.5) is 0 Å². The molecule has 0 saturated heterocycles. The van der Waals surface area contributed by atoms with Gasteiger partial charge in [-0.1, -0.05) is 66.7 Å². The first-order chi connectivity index (χ1) is 17.5. The van der Waals surface area contributed by atoms with Crippen molar-refractivity contribution in [3.05, 3.63) is 52.9 Å². The van der Waals surface area contributed by atoms with E-state index in [-0.39, 0.29) is 42.1 Å². The second-order valence-corrected chi connectivity index (χ2v) is 13.2. The van der Waals surface area contributed by atoms with E-state index in [0.29, 0.717) is 18.6 Å². The number of esters is 1. The van der Waals surface area contributed by atoms with Crippen molar-refractivity contribution in [3.63, 3.8) is 0 Å². The van der Waals surface area contributed by atoms with Gasteiger partial charge in [-0.3, -0.25) is 4.79 Å². The van der Waals surface area contributed by atoms with E-state index in [9.17, 15) is 14.7 Å². The predicted octanol–water partition coefficient (Wildman–Crippen LogP) is 5.95. The van der Waals surface area contributed by atoms with Crippen LogP contribution in [0.5, 0.6) is 5.75 Å². The maximum absolute atomic E-state index is 13.5. The highest BCUT2D eigenvalue weighted by Gasteiger charge is 2.69. The van der Waals surface area contributed by atoms with Crippen molar-refractivity contribution < 1.29 is 24.2 Å². The van der Waals surface area contributed by atoms with E-state index in [1.807, 2.05) is 13.0 Å². The maximum Gasteiger partial charge on any atom is 0.344 e. The number of carbonyl (C=O) groups excluding carboxylic acids is 2. The van der Waals surface area contributed by atoms with Crippen molar-refractivity contribution in [3.8, 4) is 5.75 Å². The number of Topliss-reactive ketones (excluding diaryl/α,β-unsaturated/α-hetero) is 1. The van der Waals surface area contributed by atoms with E-state index in [4.69, 9.17) is 15.0 Å². The van der Waals surface area contributed by atoms with E-state index < -0.39 is 27.0 Å². The molecular formula is C28H36IN3O5. The summed E-state index contributed by atoms with van der Waals surface area (Å²) in [6, 6.07) is 7.03. The zero-order valence-electron chi connectivity index (χ0n) is 21.7. The summed E-state index contributed by atoms with van der Waals surface area (Å²) in [7, 11) is 0. The van der Waals surface area contributed by atoms with Crippen molar-refractivity contribution >= 4 is 34.3 Å². The number of ether oxygens (including phenoxy) is 2. The Morgan fingerprint density at radius 2 is 2.14 bits per heavy atom. The highest BCUT2D eigenvalue weighted by Crippen LogP contribution is 2.67. The van der Waals surface area contributed by atoms with Gasteiger partial charge in [0.05, 0.1) is 16.1 Å². The summed E-state index contributed by atoms with van der Waals surface area (Å²) in [5, 5.41) is 15.2. The minimum absolute atomic E-state index is 0.0776. The maximum atomic E-state index is 13.5. The number of hydrogen-bond acceptors (Lipinski definition) is 6. The molecule has 0 aliphatic heterocycles. The van der Waals surface area contributed by atoms with Crippen LogP contribution in [0.3, 0.4) is 0 Å². The van der Waals surface area contributed by atoms with Crippen LogP contribution in [0.2, 0.25) is 0 Å². The van der Waals surface area contributed by atoms with Crippen molar-refractivity contribution in [2.75, 3.05) is 6.61 Å². The van der Waals surface area contributed by atoms with Crippen molar-refractivity contribution in [1.82, 2.24) is 0 Å². The van der Waals surface area contributed by atoms with Gasteiger partial charge in [-0.2, -0.15) is 0 Å². The number of rotatable bonds is 7. The second-order valence-electron chi connectivity index (χ2n) is 11.4. The molecule has 9 heteroatoms. The molecule has 3 saturated carbocycles. The molecule has 0 amide bonds. The first-order valence-corrected chi connectivity index (χ1v) is 14.0. The summed E-state index contributed by atoms with van der Waals surface area (Å²) >= 11 is 2.42. The fourth-order valence-electron chi connectivity index (χ4n) is 7.21. The number of aliphatic hydroxyl groups is 1. The molecule has 2 bridgehead atoms. The zero-order chi connectivity index (χ0) is 27.0. The van der Waals surface area contributed by atoms with Crippen LogP contribution < -0.4 is 4.74 Å². The third-order valence-electron chi connectivity index (χ3n) is 9.46. The summed E-state index contributed by atoms with van der Waals surface area (Å²) in [6.07, 6.45) is 3.93. The molecule has 8 nitrogen and oxygen atoms in total. The molecule has 200 valence electrons. The molecule has 3 unspecified atom stereocenters. The van der Waals surface area contributed by atoms with E-state index in [2.05, 4.69) is 53.0 Å². The molecule has 1 aromatic rings. The number of hydrogen-bond donors (Lipinski definition) is 1. The molecule has 3 aliphatic carbocycles. The van der Waals surface area contributed by atoms with Crippen LogP contribution in [0.1, 0.15) is 58.4 Å². The van der Waals surface area contributed by atoms with Crippen LogP contribution in [0, 0.1) is 28.6 Å². The first kappa shape index (κ1) is 27.9. The molecule has 0 radical (unpaired) electrons. The quantitative estimate of drug-likeness (QED) is 0.0767. The average molecular weight is 622 g/mol. The highest BCUT2D eigenvalue weighted by atomic mass is 127. The molecule has 37 heavy (non-hydrogen) atoms.